The standard InChI is InChI=1S/C16H16BrN3O3/c1-9-14-15(19-18-9)11-8-10(17)5-6-12(11)20(16(14)22)7-3-4-13(21)23-2/h5-6,8H,3-4,7H2,1-2H3,(H,18,19). The summed E-state index contributed by atoms with van der Waals surface area (Å²) in [5.41, 5.74) is 2.15. The van der Waals surface area contributed by atoms with Crippen molar-refractivity contribution in [3.63, 3.8) is 0 Å². The molecule has 2 heterocycles. The van der Waals surface area contributed by atoms with E-state index >= 15 is 0 Å². The summed E-state index contributed by atoms with van der Waals surface area (Å²) < 4.78 is 7.28. The zero-order valence-corrected chi connectivity index (χ0v) is 14.4. The van der Waals surface area contributed by atoms with Crippen molar-refractivity contribution in [1.82, 2.24) is 14.8 Å². The molecule has 3 rings (SSSR count). The first-order chi connectivity index (χ1) is 11.0. The Balaban J connectivity index is 2.17. The molecule has 3 aromatic rings. The molecule has 120 valence electrons. The van der Waals surface area contributed by atoms with Crippen molar-refractivity contribution in [1.29, 1.82) is 0 Å². The third-order valence-electron chi connectivity index (χ3n) is 3.92. The van der Waals surface area contributed by atoms with Crippen LogP contribution in [0.15, 0.2) is 27.5 Å². The Morgan fingerprint density at radius 2 is 2.22 bits per heavy atom. The number of ether oxygens (including phenoxy) is 1. The molecular formula is C16H16BrN3O3. The number of hydrogen-bond donors (Lipinski definition) is 1. The Morgan fingerprint density at radius 3 is 2.96 bits per heavy atom. The number of nitrogens with zero attached hydrogens (tertiary/aromatic N) is 2. The fourth-order valence-electron chi connectivity index (χ4n) is 2.78. The van der Waals surface area contributed by atoms with Gasteiger partial charge in [-0.15, -0.1) is 0 Å². The van der Waals surface area contributed by atoms with Gasteiger partial charge in [0, 0.05) is 22.8 Å². The van der Waals surface area contributed by atoms with Crippen LogP contribution in [0.1, 0.15) is 18.5 Å². The number of aromatic nitrogens is 3. The number of aryl methyl sites for hydroxylation is 2. The van der Waals surface area contributed by atoms with E-state index in [4.69, 9.17) is 0 Å². The Kier molecular flexibility index (Phi) is 4.21. The summed E-state index contributed by atoms with van der Waals surface area (Å²) in [6.45, 7) is 2.26. The van der Waals surface area contributed by atoms with Crippen molar-refractivity contribution < 1.29 is 9.53 Å². The molecule has 1 aromatic carbocycles. The van der Waals surface area contributed by atoms with Crippen molar-refractivity contribution >= 4 is 43.7 Å². The highest BCUT2D eigenvalue weighted by atomic mass is 79.9. The van der Waals surface area contributed by atoms with Gasteiger partial charge in [-0.05, 0) is 31.5 Å². The van der Waals surface area contributed by atoms with Gasteiger partial charge in [0.2, 0.25) is 0 Å². The summed E-state index contributed by atoms with van der Waals surface area (Å²) in [6, 6.07) is 5.76. The molecule has 0 aliphatic carbocycles. The van der Waals surface area contributed by atoms with E-state index in [-0.39, 0.29) is 17.9 Å². The number of aromatic amines is 1. The number of H-pyrrole nitrogens is 1. The Bertz CT molecular complexity index is 958. The largest absolute Gasteiger partial charge is 0.469 e. The van der Waals surface area contributed by atoms with Crippen molar-refractivity contribution in [2.24, 2.45) is 0 Å². The van der Waals surface area contributed by atoms with E-state index in [2.05, 4.69) is 30.9 Å². The van der Waals surface area contributed by atoms with Gasteiger partial charge < -0.3 is 9.30 Å². The minimum absolute atomic E-state index is 0.0917. The van der Waals surface area contributed by atoms with E-state index < -0.39 is 0 Å². The van der Waals surface area contributed by atoms with Crippen LogP contribution in [0.3, 0.4) is 0 Å². The first-order valence-corrected chi connectivity index (χ1v) is 8.05. The van der Waals surface area contributed by atoms with Crippen LogP contribution in [-0.4, -0.2) is 27.8 Å². The van der Waals surface area contributed by atoms with Gasteiger partial charge >= 0.3 is 5.97 Å². The smallest absolute Gasteiger partial charge is 0.305 e. The highest BCUT2D eigenvalue weighted by Crippen LogP contribution is 2.26. The number of benzene rings is 1. The second-order valence-electron chi connectivity index (χ2n) is 5.36. The molecule has 2 aromatic heterocycles. The molecule has 0 saturated heterocycles. The molecule has 23 heavy (non-hydrogen) atoms. The van der Waals surface area contributed by atoms with Gasteiger partial charge in [0.1, 0.15) is 0 Å². The quantitative estimate of drug-likeness (QED) is 0.709. The van der Waals surface area contributed by atoms with Crippen molar-refractivity contribution in [2.75, 3.05) is 7.11 Å². The topological polar surface area (TPSA) is 77.0 Å². The fourth-order valence-corrected chi connectivity index (χ4v) is 3.14. The first kappa shape index (κ1) is 15.7. The van der Waals surface area contributed by atoms with E-state index in [1.165, 1.54) is 7.11 Å². The van der Waals surface area contributed by atoms with Gasteiger partial charge in [-0.25, -0.2) is 0 Å². The maximum absolute atomic E-state index is 12.8. The van der Waals surface area contributed by atoms with E-state index in [1.54, 1.807) is 4.57 Å². The minimum atomic E-state index is -0.273. The lowest BCUT2D eigenvalue weighted by molar-refractivity contribution is -0.140. The summed E-state index contributed by atoms with van der Waals surface area (Å²) in [7, 11) is 1.36. The zero-order chi connectivity index (χ0) is 16.6. The fraction of sp³-hybridized carbons (Fsp3) is 0.312. The van der Waals surface area contributed by atoms with E-state index in [0.717, 1.165) is 20.9 Å². The number of nitrogens with one attached hydrogen (secondary N) is 1. The molecule has 0 bridgehead atoms. The SMILES string of the molecule is COC(=O)CCCn1c(=O)c2c(C)n[nH]c2c2cc(Br)ccc21. The second kappa shape index (κ2) is 6.16. The lowest BCUT2D eigenvalue weighted by Gasteiger charge is -2.11. The van der Waals surface area contributed by atoms with Crippen LogP contribution in [0.4, 0.5) is 0 Å². The van der Waals surface area contributed by atoms with Gasteiger partial charge in [-0.2, -0.15) is 5.10 Å². The van der Waals surface area contributed by atoms with Crippen molar-refractivity contribution in [3.05, 3.63) is 38.7 Å². The highest BCUT2D eigenvalue weighted by Gasteiger charge is 2.15. The molecule has 0 radical (unpaired) electrons. The molecule has 1 N–H and O–H groups in total. The maximum Gasteiger partial charge on any atom is 0.305 e. The van der Waals surface area contributed by atoms with Crippen LogP contribution < -0.4 is 5.56 Å². The van der Waals surface area contributed by atoms with E-state index in [9.17, 15) is 9.59 Å². The van der Waals surface area contributed by atoms with Crippen LogP contribution in [0.25, 0.3) is 21.8 Å². The number of fused-ring (bicyclic) bond motifs is 3. The maximum atomic E-state index is 12.8. The number of carbonyl (C=O) groups excluding carboxylic acids is 1. The molecule has 0 spiro atoms. The third kappa shape index (κ3) is 2.76. The highest BCUT2D eigenvalue weighted by molar-refractivity contribution is 9.10. The number of rotatable bonds is 4. The molecule has 0 fully saturated rings. The molecule has 0 amide bonds. The summed E-state index contributed by atoms with van der Waals surface area (Å²) in [4.78, 5) is 24.1. The normalized spacial score (nSPS) is 11.3. The number of pyridine rings is 1. The van der Waals surface area contributed by atoms with Gasteiger partial charge in [-0.3, -0.25) is 14.7 Å². The van der Waals surface area contributed by atoms with E-state index in [1.807, 2.05) is 25.1 Å². The lowest BCUT2D eigenvalue weighted by Crippen LogP contribution is -2.21. The molecule has 0 saturated carbocycles. The monoisotopic (exact) mass is 377 g/mol. The zero-order valence-electron chi connectivity index (χ0n) is 12.9. The van der Waals surface area contributed by atoms with Crippen molar-refractivity contribution in [2.45, 2.75) is 26.3 Å². The Labute approximate surface area is 140 Å². The number of hydrogen-bond acceptors (Lipinski definition) is 4. The molecule has 7 heteroatoms. The summed E-state index contributed by atoms with van der Waals surface area (Å²) >= 11 is 3.47. The number of carbonyl (C=O) groups is 1. The number of esters is 1. The van der Waals surface area contributed by atoms with Crippen LogP contribution in [-0.2, 0) is 16.1 Å². The molecule has 0 atom stereocenters. The van der Waals surface area contributed by atoms with Crippen LogP contribution in [0.2, 0.25) is 0 Å². The number of methoxy groups -OCH3 is 1. The number of halogens is 1. The summed E-state index contributed by atoms with van der Waals surface area (Å²) in [6.07, 6.45) is 0.823. The average Bonchev–Trinajstić information content (AvgIpc) is 2.92. The van der Waals surface area contributed by atoms with Gasteiger partial charge in [0.15, 0.2) is 0 Å². The predicted molar refractivity (Wildman–Crippen MR) is 91.5 cm³/mol. The van der Waals surface area contributed by atoms with Gasteiger partial charge in [0.25, 0.3) is 5.56 Å². The Hall–Kier alpha value is -2.15. The molecule has 0 aliphatic rings. The molecule has 6 nitrogen and oxygen atoms in total. The minimum Gasteiger partial charge on any atom is -0.469 e. The molecule has 0 unspecified atom stereocenters. The van der Waals surface area contributed by atoms with Crippen molar-refractivity contribution in [3.8, 4) is 0 Å². The van der Waals surface area contributed by atoms with Gasteiger partial charge in [0.05, 0.1) is 29.2 Å². The van der Waals surface area contributed by atoms with E-state index in [0.29, 0.717) is 24.0 Å². The van der Waals surface area contributed by atoms with Gasteiger partial charge in [-0.1, -0.05) is 15.9 Å². The predicted octanol–water partition coefficient (Wildman–Crippen LogP) is 2.90. The van der Waals surface area contributed by atoms with Crippen LogP contribution >= 0.6 is 15.9 Å². The second-order valence-corrected chi connectivity index (χ2v) is 6.27. The molecular weight excluding hydrogens is 362 g/mol. The first-order valence-electron chi connectivity index (χ1n) is 7.26. The van der Waals surface area contributed by atoms with Crippen LogP contribution in [0.5, 0.6) is 0 Å². The summed E-state index contributed by atoms with van der Waals surface area (Å²) in [5.74, 6) is -0.273. The third-order valence-corrected chi connectivity index (χ3v) is 4.41. The molecule has 0 aliphatic heterocycles. The lowest BCUT2D eigenvalue weighted by atomic mass is 10.1. The summed E-state index contributed by atoms with van der Waals surface area (Å²) in [5, 5.41) is 8.64. The Morgan fingerprint density at radius 1 is 1.43 bits per heavy atom. The average molecular weight is 378 g/mol. The van der Waals surface area contributed by atoms with Crippen LogP contribution in [0, 0.1) is 6.92 Å².